The van der Waals surface area contributed by atoms with Gasteiger partial charge in [0.25, 0.3) is 0 Å². The Labute approximate surface area is 120 Å². The molecular formula is C14H25N3O3. The predicted octanol–water partition coefficient (Wildman–Crippen LogP) is -0.131. The van der Waals surface area contributed by atoms with Gasteiger partial charge in [-0.15, -0.1) is 0 Å². The molecule has 0 radical (unpaired) electrons. The predicted molar refractivity (Wildman–Crippen MR) is 75.0 cm³/mol. The molecular weight excluding hydrogens is 258 g/mol. The van der Waals surface area contributed by atoms with Crippen molar-refractivity contribution >= 4 is 11.8 Å². The van der Waals surface area contributed by atoms with Crippen molar-refractivity contribution < 1.29 is 14.3 Å². The van der Waals surface area contributed by atoms with Crippen molar-refractivity contribution in [3.63, 3.8) is 0 Å². The number of nitrogens with zero attached hydrogens (tertiary/aromatic N) is 1. The monoisotopic (exact) mass is 283 g/mol. The van der Waals surface area contributed by atoms with Gasteiger partial charge in [-0.05, 0) is 25.7 Å². The molecule has 0 spiro atoms. The lowest BCUT2D eigenvalue weighted by Crippen LogP contribution is -2.51. The summed E-state index contributed by atoms with van der Waals surface area (Å²) >= 11 is 0. The van der Waals surface area contributed by atoms with Crippen molar-refractivity contribution in [2.75, 3.05) is 32.8 Å². The van der Waals surface area contributed by atoms with E-state index >= 15 is 0 Å². The van der Waals surface area contributed by atoms with E-state index in [1.165, 1.54) is 0 Å². The molecule has 2 heterocycles. The highest BCUT2D eigenvalue weighted by molar-refractivity contribution is 5.80. The molecule has 2 aliphatic rings. The average molecular weight is 283 g/mol. The molecule has 6 nitrogen and oxygen atoms in total. The van der Waals surface area contributed by atoms with Gasteiger partial charge in [-0.1, -0.05) is 0 Å². The SMILES string of the molecule is NCCC(=O)NCC1CCCCN1C(=O)C1CCOC1. The fourth-order valence-corrected chi connectivity index (χ4v) is 2.92. The number of carbonyl (C=O) groups excluding carboxylic acids is 2. The largest absolute Gasteiger partial charge is 0.381 e. The third-order valence-electron chi connectivity index (χ3n) is 4.10. The zero-order chi connectivity index (χ0) is 14.4. The Kier molecular flexibility index (Phi) is 5.79. The quantitative estimate of drug-likeness (QED) is 0.736. The first-order chi connectivity index (χ1) is 9.72. The fourth-order valence-electron chi connectivity index (χ4n) is 2.92. The fraction of sp³-hybridized carbons (Fsp3) is 0.857. The molecule has 2 rings (SSSR count). The number of piperidine rings is 1. The van der Waals surface area contributed by atoms with Crippen molar-refractivity contribution in [1.29, 1.82) is 0 Å². The van der Waals surface area contributed by atoms with E-state index in [0.29, 0.717) is 32.7 Å². The van der Waals surface area contributed by atoms with Crippen LogP contribution in [0, 0.1) is 5.92 Å². The Morgan fingerprint density at radius 3 is 2.85 bits per heavy atom. The van der Waals surface area contributed by atoms with E-state index in [2.05, 4.69) is 5.32 Å². The third-order valence-corrected chi connectivity index (χ3v) is 4.10. The Balaban J connectivity index is 1.87. The van der Waals surface area contributed by atoms with Gasteiger partial charge in [0.1, 0.15) is 0 Å². The van der Waals surface area contributed by atoms with Gasteiger partial charge in [0.2, 0.25) is 11.8 Å². The summed E-state index contributed by atoms with van der Waals surface area (Å²) in [5.74, 6) is 0.172. The summed E-state index contributed by atoms with van der Waals surface area (Å²) in [6, 6.07) is 0.124. The molecule has 0 saturated carbocycles. The zero-order valence-corrected chi connectivity index (χ0v) is 12.0. The first-order valence-corrected chi connectivity index (χ1v) is 7.57. The molecule has 0 bridgehead atoms. The van der Waals surface area contributed by atoms with Crippen molar-refractivity contribution in [3.8, 4) is 0 Å². The van der Waals surface area contributed by atoms with Crippen LogP contribution in [0.15, 0.2) is 0 Å². The standard InChI is InChI=1S/C14H25N3O3/c15-6-4-13(18)16-9-12-3-1-2-7-17(12)14(19)11-5-8-20-10-11/h11-12H,1-10,15H2,(H,16,18). The van der Waals surface area contributed by atoms with Crippen LogP contribution in [-0.4, -0.2) is 55.6 Å². The van der Waals surface area contributed by atoms with E-state index in [-0.39, 0.29) is 23.8 Å². The van der Waals surface area contributed by atoms with Gasteiger partial charge in [0.05, 0.1) is 12.5 Å². The summed E-state index contributed by atoms with van der Waals surface area (Å²) in [6.45, 7) is 2.92. The number of hydrogen-bond acceptors (Lipinski definition) is 4. The highest BCUT2D eigenvalue weighted by Gasteiger charge is 2.33. The summed E-state index contributed by atoms with van der Waals surface area (Å²) in [5.41, 5.74) is 5.36. The topological polar surface area (TPSA) is 84.7 Å². The minimum atomic E-state index is -0.0327. The number of nitrogens with two attached hydrogens (primary N) is 1. The van der Waals surface area contributed by atoms with E-state index < -0.39 is 0 Å². The molecule has 2 fully saturated rings. The van der Waals surface area contributed by atoms with Crippen LogP contribution in [0.25, 0.3) is 0 Å². The minimum Gasteiger partial charge on any atom is -0.381 e. The van der Waals surface area contributed by atoms with E-state index in [1.807, 2.05) is 4.90 Å². The molecule has 114 valence electrons. The van der Waals surface area contributed by atoms with E-state index in [4.69, 9.17) is 10.5 Å². The van der Waals surface area contributed by atoms with Crippen LogP contribution in [0.5, 0.6) is 0 Å². The second kappa shape index (κ2) is 7.59. The first kappa shape index (κ1) is 15.3. The number of hydrogen-bond donors (Lipinski definition) is 2. The van der Waals surface area contributed by atoms with Gasteiger partial charge in [0.15, 0.2) is 0 Å². The highest BCUT2D eigenvalue weighted by Crippen LogP contribution is 2.22. The first-order valence-electron chi connectivity index (χ1n) is 7.57. The maximum atomic E-state index is 12.5. The van der Waals surface area contributed by atoms with Crippen LogP contribution in [0.2, 0.25) is 0 Å². The third kappa shape index (κ3) is 3.93. The molecule has 2 saturated heterocycles. The summed E-state index contributed by atoms with van der Waals surface area (Å²) < 4.78 is 5.30. The molecule has 0 aromatic carbocycles. The number of carbonyl (C=O) groups is 2. The molecule has 20 heavy (non-hydrogen) atoms. The molecule has 0 aromatic heterocycles. The van der Waals surface area contributed by atoms with Gasteiger partial charge in [0, 0.05) is 38.7 Å². The maximum absolute atomic E-state index is 12.5. The second-order valence-corrected chi connectivity index (χ2v) is 5.58. The van der Waals surface area contributed by atoms with Gasteiger partial charge >= 0.3 is 0 Å². The highest BCUT2D eigenvalue weighted by atomic mass is 16.5. The smallest absolute Gasteiger partial charge is 0.228 e. The van der Waals surface area contributed by atoms with Gasteiger partial charge < -0.3 is 20.7 Å². The summed E-state index contributed by atoms with van der Waals surface area (Å²) in [6.07, 6.45) is 4.29. The molecule has 2 amide bonds. The van der Waals surface area contributed by atoms with E-state index in [9.17, 15) is 9.59 Å². The summed E-state index contributed by atoms with van der Waals surface area (Å²) in [4.78, 5) is 25.9. The Hall–Kier alpha value is -1.14. The second-order valence-electron chi connectivity index (χ2n) is 5.58. The van der Waals surface area contributed by atoms with Crippen LogP contribution in [-0.2, 0) is 14.3 Å². The lowest BCUT2D eigenvalue weighted by molar-refractivity contribution is -0.139. The molecule has 2 aliphatic heterocycles. The van der Waals surface area contributed by atoms with E-state index in [1.54, 1.807) is 0 Å². The Morgan fingerprint density at radius 2 is 2.15 bits per heavy atom. The summed E-state index contributed by atoms with van der Waals surface area (Å²) in [7, 11) is 0. The molecule has 2 atom stereocenters. The lowest BCUT2D eigenvalue weighted by atomic mass is 9.98. The van der Waals surface area contributed by atoms with Crippen molar-refractivity contribution in [2.24, 2.45) is 11.7 Å². The van der Waals surface area contributed by atoms with Crippen LogP contribution in [0.1, 0.15) is 32.1 Å². The lowest BCUT2D eigenvalue weighted by Gasteiger charge is -2.37. The molecule has 6 heteroatoms. The average Bonchev–Trinajstić information content (AvgIpc) is 2.99. The van der Waals surface area contributed by atoms with Gasteiger partial charge in [-0.3, -0.25) is 9.59 Å². The van der Waals surface area contributed by atoms with Crippen molar-refractivity contribution in [3.05, 3.63) is 0 Å². The number of likely N-dealkylation sites (tertiary alicyclic amines) is 1. The number of ether oxygens (including phenoxy) is 1. The molecule has 0 aliphatic carbocycles. The molecule has 3 N–H and O–H groups in total. The van der Waals surface area contributed by atoms with Gasteiger partial charge in [-0.25, -0.2) is 0 Å². The maximum Gasteiger partial charge on any atom is 0.228 e. The van der Waals surface area contributed by atoms with Crippen LogP contribution in [0.3, 0.4) is 0 Å². The number of nitrogens with one attached hydrogen (secondary N) is 1. The Bertz CT molecular complexity index is 343. The molecule has 0 aromatic rings. The van der Waals surface area contributed by atoms with E-state index in [0.717, 1.165) is 32.2 Å². The number of rotatable bonds is 5. The molecule has 2 unspecified atom stereocenters. The normalized spacial score (nSPS) is 26.6. The number of amides is 2. The minimum absolute atomic E-state index is 0.00958. The Morgan fingerprint density at radius 1 is 1.30 bits per heavy atom. The van der Waals surface area contributed by atoms with Crippen molar-refractivity contribution in [1.82, 2.24) is 10.2 Å². The van der Waals surface area contributed by atoms with Crippen LogP contribution >= 0.6 is 0 Å². The van der Waals surface area contributed by atoms with Gasteiger partial charge in [-0.2, -0.15) is 0 Å². The van der Waals surface area contributed by atoms with Crippen LogP contribution < -0.4 is 11.1 Å². The summed E-state index contributed by atoms with van der Waals surface area (Å²) in [5, 5.41) is 2.88. The zero-order valence-electron chi connectivity index (χ0n) is 12.0. The van der Waals surface area contributed by atoms with Crippen molar-refractivity contribution in [2.45, 2.75) is 38.1 Å². The van der Waals surface area contributed by atoms with Crippen LogP contribution in [0.4, 0.5) is 0 Å².